The number of para-hydroxylation sites is 1. The summed E-state index contributed by atoms with van der Waals surface area (Å²) >= 11 is 0. The lowest BCUT2D eigenvalue weighted by molar-refractivity contribution is -0.121. The maximum absolute atomic E-state index is 12.4. The lowest BCUT2D eigenvalue weighted by atomic mass is 9.87. The van der Waals surface area contributed by atoms with Crippen LogP contribution in [0, 0.1) is 11.8 Å². The third-order valence-corrected chi connectivity index (χ3v) is 7.97. The number of nitrogens with one attached hydrogen (secondary N) is 4. The molecule has 1 aliphatic heterocycles. The molecule has 0 spiro atoms. The molecule has 0 saturated heterocycles. The van der Waals surface area contributed by atoms with E-state index in [-0.39, 0.29) is 29.0 Å². The standard InChI is InChI=1S/C29H42N6O3.C7H9N/c1-5-7-9-18(6-2)20-14-21(17-33-16-20)22-10-8-11-23(27(22)38-4)34-24(26(31)29(37)32-3)15-25(30)35-28(36)19-12-13-19;1-2-7-5-3-4-6-8-7/h8,10-11,14-16,18-19,33-34H,5-7,9,12-13,17,30-31H2,1-4H3,(H,32,37)(H,35,36);3-6H,2H2,1H3/b25-15+,26-24+;. The van der Waals surface area contributed by atoms with Gasteiger partial charge in [0.05, 0.1) is 18.5 Å². The predicted octanol–water partition coefficient (Wildman–Crippen LogP) is 5.08. The summed E-state index contributed by atoms with van der Waals surface area (Å²) in [7, 11) is 3.10. The van der Waals surface area contributed by atoms with E-state index in [9.17, 15) is 9.59 Å². The molecule has 1 aromatic heterocycles. The Balaban J connectivity index is 0.000000625. The van der Waals surface area contributed by atoms with Crippen LogP contribution >= 0.6 is 0 Å². The Bertz CT molecular complexity index is 1440. The second-order valence-corrected chi connectivity index (χ2v) is 11.4. The molecule has 1 atom stereocenters. The number of amides is 2. The van der Waals surface area contributed by atoms with Gasteiger partial charge in [-0.2, -0.15) is 0 Å². The van der Waals surface area contributed by atoms with Crippen molar-refractivity contribution in [2.75, 3.05) is 26.0 Å². The minimum atomic E-state index is -0.480. The third-order valence-electron chi connectivity index (χ3n) is 7.97. The fourth-order valence-corrected chi connectivity index (χ4v) is 5.12. The summed E-state index contributed by atoms with van der Waals surface area (Å²) in [5.41, 5.74) is 17.5. The van der Waals surface area contributed by atoms with E-state index in [2.05, 4.69) is 59.3 Å². The van der Waals surface area contributed by atoms with E-state index in [4.69, 9.17) is 16.2 Å². The number of pyridine rings is 1. The number of nitrogens with two attached hydrogens (primary N) is 2. The molecule has 2 aliphatic rings. The smallest absolute Gasteiger partial charge is 0.269 e. The van der Waals surface area contributed by atoms with Gasteiger partial charge in [0.2, 0.25) is 5.91 Å². The Morgan fingerprint density at radius 1 is 1.13 bits per heavy atom. The highest BCUT2D eigenvalue weighted by molar-refractivity contribution is 5.94. The number of carbonyl (C=O) groups is 2. The van der Waals surface area contributed by atoms with Crippen LogP contribution in [0.15, 0.2) is 83.7 Å². The number of likely N-dealkylation sites (N-methyl/N-ethyl adjacent to an activating group) is 1. The summed E-state index contributed by atoms with van der Waals surface area (Å²) < 4.78 is 5.86. The van der Waals surface area contributed by atoms with E-state index in [1.165, 1.54) is 31.5 Å². The van der Waals surface area contributed by atoms with Crippen LogP contribution in [0.5, 0.6) is 5.75 Å². The van der Waals surface area contributed by atoms with Crippen LogP contribution < -0.4 is 37.5 Å². The predicted molar refractivity (Wildman–Crippen MR) is 186 cm³/mol. The average molecular weight is 630 g/mol. The van der Waals surface area contributed by atoms with E-state index in [1.807, 2.05) is 42.6 Å². The van der Waals surface area contributed by atoms with Crippen molar-refractivity contribution in [2.24, 2.45) is 23.3 Å². The van der Waals surface area contributed by atoms with E-state index in [1.54, 1.807) is 7.11 Å². The normalized spacial score (nSPS) is 15.5. The molecule has 0 bridgehead atoms. The van der Waals surface area contributed by atoms with E-state index in [0.29, 0.717) is 23.9 Å². The van der Waals surface area contributed by atoms with Crippen LogP contribution in [0.4, 0.5) is 5.69 Å². The molecule has 46 heavy (non-hydrogen) atoms. The monoisotopic (exact) mass is 629 g/mol. The van der Waals surface area contributed by atoms with Crippen molar-refractivity contribution >= 4 is 23.1 Å². The SMILES string of the molecule is CCCCC(CC)C1=CNCC(c2cccc(NC(/C=C(\N)NC(=O)C3CC3)=C(/N)C(=O)NC)c2OC)=C1.CCc1ccccn1. The van der Waals surface area contributed by atoms with Gasteiger partial charge >= 0.3 is 0 Å². The average Bonchev–Trinajstić information content (AvgIpc) is 3.94. The molecule has 10 nitrogen and oxygen atoms in total. The molecule has 1 aromatic carbocycles. The van der Waals surface area contributed by atoms with Crippen LogP contribution in [0.1, 0.15) is 70.6 Å². The Morgan fingerprint density at radius 2 is 1.91 bits per heavy atom. The number of anilines is 1. The first-order valence-electron chi connectivity index (χ1n) is 16.2. The minimum Gasteiger partial charge on any atom is -0.494 e. The molecule has 4 rings (SSSR count). The summed E-state index contributed by atoms with van der Waals surface area (Å²) in [4.78, 5) is 28.7. The number of methoxy groups -OCH3 is 1. The molecular weight excluding hydrogens is 578 g/mol. The lowest BCUT2D eigenvalue weighted by Crippen LogP contribution is -2.31. The van der Waals surface area contributed by atoms with Crippen molar-refractivity contribution in [3.63, 3.8) is 0 Å². The second kappa shape index (κ2) is 18.3. The van der Waals surface area contributed by atoms with Gasteiger partial charge in [0.15, 0.2) is 0 Å². The fourth-order valence-electron chi connectivity index (χ4n) is 5.12. The molecular formula is C36H51N7O3. The third kappa shape index (κ3) is 10.4. The van der Waals surface area contributed by atoms with Crippen molar-refractivity contribution in [3.05, 3.63) is 95.0 Å². The number of nitrogens with zero attached hydrogens (tertiary/aromatic N) is 1. The summed E-state index contributed by atoms with van der Waals surface area (Å²) in [6.45, 7) is 7.21. The van der Waals surface area contributed by atoms with Crippen molar-refractivity contribution in [3.8, 4) is 5.75 Å². The Hall–Kier alpha value is -4.73. The van der Waals surface area contributed by atoms with Crippen LogP contribution in [-0.2, 0) is 16.0 Å². The van der Waals surface area contributed by atoms with Gasteiger partial charge in [-0.1, -0.05) is 57.9 Å². The first-order chi connectivity index (χ1) is 22.3. The van der Waals surface area contributed by atoms with Gasteiger partial charge in [0.25, 0.3) is 5.91 Å². The van der Waals surface area contributed by atoms with Crippen molar-refractivity contribution in [2.45, 2.75) is 65.7 Å². The van der Waals surface area contributed by atoms with Gasteiger partial charge in [0.1, 0.15) is 17.3 Å². The van der Waals surface area contributed by atoms with Crippen molar-refractivity contribution in [1.82, 2.24) is 20.9 Å². The molecule has 1 saturated carbocycles. The van der Waals surface area contributed by atoms with Crippen LogP contribution in [0.2, 0.25) is 0 Å². The van der Waals surface area contributed by atoms with Gasteiger partial charge in [-0.25, -0.2) is 0 Å². The van der Waals surface area contributed by atoms with Crippen LogP contribution in [0.25, 0.3) is 5.57 Å². The maximum atomic E-state index is 12.4. The highest BCUT2D eigenvalue weighted by Crippen LogP contribution is 2.37. The number of hydrogen-bond donors (Lipinski definition) is 6. The van der Waals surface area contributed by atoms with Gasteiger partial charge in [-0.15, -0.1) is 0 Å². The largest absolute Gasteiger partial charge is 0.494 e. The number of benzene rings is 1. The fraction of sp³-hybridized carbons (Fsp3) is 0.417. The van der Waals surface area contributed by atoms with Gasteiger partial charge < -0.3 is 37.5 Å². The quantitative estimate of drug-likeness (QED) is 0.125. The Kier molecular flexibility index (Phi) is 14.2. The topological polar surface area (TPSA) is 156 Å². The highest BCUT2D eigenvalue weighted by atomic mass is 16.5. The molecule has 1 unspecified atom stereocenters. The molecule has 2 aromatic rings. The zero-order chi connectivity index (χ0) is 33.5. The van der Waals surface area contributed by atoms with E-state index >= 15 is 0 Å². The summed E-state index contributed by atoms with van der Waals surface area (Å²) in [5.74, 6) is 0.567. The first-order valence-corrected chi connectivity index (χ1v) is 16.2. The molecule has 2 heterocycles. The van der Waals surface area contributed by atoms with Gasteiger partial charge in [-0.05, 0) is 67.4 Å². The van der Waals surface area contributed by atoms with E-state index < -0.39 is 5.91 Å². The zero-order valence-corrected chi connectivity index (χ0v) is 27.9. The number of carbonyl (C=O) groups excluding carboxylic acids is 2. The van der Waals surface area contributed by atoms with Crippen molar-refractivity contribution in [1.29, 1.82) is 0 Å². The molecule has 10 heteroatoms. The number of ether oxygens (including phenoxy) is 1. The number of dihydropyridines is 1. The second-order valence-electron chi connectivity index (χ2n) is 11.4. The number of aromatic nitrogens is 1. The number of unbranched alkanes of at least 4 members (excludes halogenated alkanes) is 1. The summed E-state index contributed by atoms with van der Waals surface area (Å²) in [6, 6.07) is 11.7. The van der Waals surface area contributed by atoms with Crippen molar-refractivity contribution < 1.29 is 14.3 Å². The van der Waals surface area contributed by atoms with Crippen LogP contribution in [0.3, 0.4) is 0 Å². The lowest BCUT2D eigenvalue weighted by Gasteiger charge is -2.24. The number of hydrogen-bond acceptors (Lipinski definition) is 8. The molecule has 8 N–H and O–H groups in total. The van der Waals surface area contributed by atoms with Crippen LogP contribution in [-0.4, -0.2) is 37.5 Å². The molecule has 1 aliphatic carbocycles. The Labute approximate surface area is 273 Å². The molecule has 0 radical (unpaired) electrons. The molecule has 2 amide bonds. The summed E-state index contributed by atoms with van der Waals surface area (Å²) in [5, 5.41) is 11.9. The zero-order valence-electron chi connectivity index (χ0n) is 27.9. The first kappa shape index (κ1) is 35.7. The highest BCUT2D eigenvalue weighted by Gasteiger charge is 2.29. The molecule has 248 valence electrons. The van der Waals surface area contributed by atoms with Gasteiger partial charge in [-0.3, -0.25) is 14.6 Å². The number of allylic oxidation sites excluding steroid dienone is 3. The van der Waals surface area contributed by atoms with E-state index in [0.717, 1.165) is 48.9 Å². The summed E-state index contributed by atoms with van der Waals surface area (Å²) in [6.07, 6.45) is 15.0. The number of aryl methyl sites for hydroxylation is 1. The Morgan fingerprint density at radius 3 is 2.50 bits per heavy atom. The minimum absolute atomic E-state index is 0.0130. The van der Waals surface area contributed by atoms with Gasteiger partial charge in [0, 0.05) is 49.2 Å². The number of rotatable bonds is 14. The molecule has 1 fully saturated rings. The maximum Gasteiger partial charge on any atom is 0.269 e.